The fourth-order valence-corrected chi connectivity index (χ4v) is 1.98. The van der Waals surface area contributed by atoms with Crippen LogP contribution in [0.3, 0.4) is 0 Å². The van der Waals surface area contributed by atoms with Crippen LogP contribution in [0.5, 0.6) is 0 Å². The van der Waals surface area contributed by atoms with E-state index < -0.39 is 24.0 Å². The zero-order valence-electron chi connectivity index (χ0n) is 10.7. The molecule has 106 valence electrons. The topological polar surface area (TPSA) is 116 Å². The summed E-state index contributed by atoms with van der Waals surface area (Å²) in [6.07, 6.45) is -1.02. The van der Waals surface area contributed by atoms with Crippen molar-refractivity contribution in [2.24, 2.45) is 0 Å². The van der Waals surface area contributed by atoms with E-state index in [0.717, 1.165) is 0 Å². The number of hydrogen-bond donors (Lipinski definition) is 4. The summed E-state index contributed by atoms with van der Waals surface area (Å²) in [5.74, 6) is -2.07. The number of carbonyl (C=O) groups excluding carboxylic acids is 2. The smallest absolute Gasteiger partial charge is 0.328 e. The summed E-state index contributed by atoms with van der Waals surface area (Å²) in [5, 5.41) is 23.1. The zero-order chi connectivity index (χ0) is 14.9. The van der Waals surface area contributed by atoms with Crippen molar-refractivity contribution in [2.75, 3.05) is 5.32 Å². The number of amides is 2. The fraction of sp³-hybridized carbons (Fsp3) is 0.308. The van der Waals surface area contributed by atoms with Gasteiger partial charge in [-0.1, -0.05) is 0 Å². The maximum Gasteiger partial charge on any atom is 0.328 e. The van der Waals surface area contributed by atoms with E-state index in [-0.39, 0.29) is 17.9 Å². The first-order valence-electron chi connectivity index (χ1n) is 6.03. The minimum Gasteiger partial charge on any atom is -0.480 e. The normalized spacial score (nSPS) is 16.0. The molecule has 0 bridgehead atoms. The van der Waals surface area contributed by atoms with Gasteiger partial charge in [-0.05, 0) is 30.7 Å². The van der Waals surface area contributed by atoms with Gasteiger partial charge in [-0.25, -0.2) is 4.79 Å². The van der Waals surface area contributed by atoms with Crippen LogP contribution in [0.4, 0.5) is 5.69 Å². The highest BCUT2D eigenvalue weighted by atomic mass is 16.4. The van der Waals surface area contributed by atoms with Crippen LogP contribution in [-0.4, -0.2) is 40.1 Å². The Morgan fingerprint density at radius 3 is 2.70 bits per heavy atom. The van der Waals surface area contributed by atoms with Gasteiger partial charge >= 0.3 is 5.97 Å². The van der Waals surface area contributed by atoms with Gasteiger partial charge in [0.05, 0.1) is 12.5 Å². The van der Waals surface area contributed by atoms with E-state index in [1.807, 2.05) is 0 Å². The van der Waals surface area contributed by atoms with E-state index in [2.05, 4.69) is 10.6 Å². The Labute approximate surface area is 114 Å². The van der Waals surface area contributed by atoms with Gasteiger partial charge < -0.3 is 20.8 Å². The lowest BCUT2D eigenvalue weighted by molar-refractivity contribution is -0.141. The molecule has 2 rings (SSSR count). The molecule has 0 aliphatic carbocycles. The molecule has 20 heavy (non-hydrogen) atoms. The molecule has 1 aliphatic rings. The molecule has 4 N–H and O–H groups in total. The van der Waals surface area contributed by atoms with Crippen molar-refractivity contribution in [3.8, 4) is 0 Å². The number of carboxylic acid groups (broad SMARTS) is 1. The first-order chi connectivity index (χ1) is 9.38. The van der Waals surface area contributed by atoms with E-state index >= 15 is 0 Å². The molecule has 7 heteroatoms. The van der Waals surface area contributed by atoms with Gasteiger partial charge in [0.2, 0.25) is 5.91 Å². The second kappa shape index (κ2) is 5.30. The molecule has 0 fully saturated rings. The van der Waals surface area contributed by atoms with Crippen molar-refractivity contribution in [2.45, 2.75) is 25.5 Å². The number of anilines is 1. The molecule has 1 aliphatic heterocycles. The summed E-state index contributed by atoms with van der Waals surface area (Å²) >= 11 is 0. The molecule has 1 aromatic rings. The van der Waals surface area contributed by atoms with Gasteiger partial charge in [0.1, 0.15) is 0 Å². The van der Waals surface area contributed by atoms with Crippen molar-refractivity contribution in [3.63, 3.8) is 0 Å². The van der Waals surface area contributed by atoms with E-state index in [1.165, 1.54) is 19.1 Å². The number of benzene rings is 1. The fourth-order valence-electron chi connectivity index (χ4n) is 1.98. The Hall–Kier alpha value is -2.41. The second-order valence-electron chi connectivity index (χ2n) is 4.63. The third-order valence-corrected chi connectivity index (χ3v) is 3.03. The quantitative estimate of drug-likeness (QED) is 0.606. The van der Waals surface area contributed by atoms with Crippen LogP contribution in [0.25, 0.3) is 0 Å². The van der Waals surface area contributed by atoms with Crippen molar-refractivity contribution >= 4 is 23.5 Å². The highest BCUT2D eigenvalue weighted by molar-refractivity contribution is 6.02. The lowest BCUT2D eigenvalue weighted by Crippen LogP contribution is -2.47. The van der Waals surface area contributed by atoms with Crippen LogP contribution in [0, 0.1) is 0 Å². The van der Waals surface area contributed by atoms with Crippen molar-refractivity contribution in [1.29, 1.82) is 0 Å². The zero-order valence-corrected chi connectivity index (χ0v) is 10.7. The maximum absolute atomic E-state index is 12.0. The third-order valence-electron chi connectivity index (χ3n) is 3.03. The van der Waals surface area contributed by atoms with Crippen LogP contribution in [0.2, 0.25) is 0 Å². The molecule has 0 radical (unpaired) electrons. The predicted molar refractivity (Wildman–Crippen MR) is 69.3 cm³/mol. The first-order valence-corrected chi connectivity index (χ1v) is 6.03. The molecule has 0 aromatic heterocycles. The van der Waals surface area contributed by atoms with Gasteiger partial charge in [0.25, 0.3) is 5.91 Å². The highest BCUT2D eigenvalue weighted by Gasteiger charge is 2.26. The van der Waals surface area contributed by atoms with Crippen LogP contribution in [0.15, 0.2) is 18.2 Å². The van der Waals surface area contributed by atoms with Crippen LogP contribution < -0.4 is 10.6 Å². The summed E-state index contributed by atoms with van der Waals surface area (Å²) in [6.45, 7) is 1.28. The third kappa shape index (κ3) is 2.77. The summed E-state index contributed by atoms with van der Waals surface area (Å²) < 4.78 is 0. The molecular formula is C13H14N2O5. The Morgan fingerprint density at radius 1 is 1.40 bits per heavy atom. The first kappa shape index (κ1) is 14.0. The van der Waals surface area contributed by atoms with E-state index in [1.54, 1.807) is 6.07 Å². The minimum absolute atomic E-state index is 0.148. The van der Waals surface area contributed by atoms with Gasteiger partial charge in [-0.3, -0.25) is 9.59 Å². The Kier molecular flexibility index (Phi) is 3.71. The number of nitrogens with one attached hydrogen (secondary N) is 2. The standard InChI is InChI=1S/C13H14N2O5/c1-6(16)11(13(19)20)15-12(18)7-2-3-9-8(4-7)5-10(17)14-9/h2-4,6,11,16H,5H2,1H3,(H,14,17)(H,15,18)(H,19,20)/t6-,11+/m1/s1. The number of carboxylic acids is 1. The molecule has 0 saturated carbocycles. The number of aliphatic carboxylic acids is 1. The average Bonchev–Trinajstić information content (AvgIpc) is 2.73. The van der Waals surface area contributed by atoms with E-state index in [4.69, 9.17) is 5.11 Å². The highest BCUT2D eigenvalue weighted by Crippen LogP contribution is 2.23. The molecule has 2 atom stereocenters. The van der Waals surface area contributed by atoms with Crippen molar-refractivity contribution in [3.05, 3.63) is 29.3 Å². The number of fused-ring (bicyclic) bond motifs is 1. The number of hydrogen-bond acceptors (Lipinski definition) is 4. The molecule has 0 spiro atoms. The summed E-state index contributed by atoms with van der Waals surface area (Å²) in [4.78, 5) is 34.1. The Morgan fingerprint density at radius 2 is 2.10 bits per heavy atom. The van der Waals surface area contributed by atoms with Crippen molar-refractivity contribution in [1.82, 2.24) is 5.32 Å². The summed E-state index contributed by atoms with van der Waals surface area (Å²) in [5.41, 5.74) is 1.58. The molecule has 1 heterocycles. The maximum atomic E-state index is 12.0. The number of aliphatic hydroxyl groups excluding tert-OH is 1. The molecule has 2 amide bonds. The Bertz CT molecular complexity index is 582. The van der Waals surface area contributed by atoms with Gasteiger partial charge in [-0.2, -0.15) is 0 Å². The molecule has 0 saturated heterocycles. The van der Waals surface area contributed by atoms with Gasteiger partial charge in [0, 0.05) is 11.3 Å². The lowest BCUT2D eigenvalue weighted by Gasteiger charge is -2.17. The monoisotopic (exact) mass is 278 g/mol. The predicted octanol–water partition coefficient (Wildman–Crippen LogP) is -0.255. The Balaban J connectivity index is 2.16. The van der Waals surface area contributed by atoms with Crippen LogP contribution >= 0.6 is 0 Å². The molecule has 1 aromatic carbocycles. The number of aliphatic hydroxyl groups is 1. The van der Waals surface area contributed by atoms with Gasteiger partial charge in [0.15, 0.2) is 6.04 Å². The molecule has 0 unspecified atom stereocenters. The van der Waals surface area contributed by atoms with Gasteiger partial charge in [-0.15, -0.1) is 0 Å². The van der Waals surface area contributed by atoms with Crippen LogP contribution in [-0.2, 0) is 16.0 Å². The average molecular weight is 278 g/mol. The summed E-state index contributed by atoms with van der Waals surface area (Å²) in [7, 11) is 0. The minimum atomic E-state index is -1.38. The van der Waals surface area contributed by atoms with Crippen LogP contribution in [0.1, 0.15) is 22.8 Å². The van der Waals surface area contributed by atoms with Crippen molar-refractivity contribution < 1.29 is 24.6 Å². The summed E-state index contributed by atoms with van der Waals surface area (Å²) in [6, 6.07) is 3.23. The van der Waals surface area contributed by atoms with E-state index in [9.17, 15) is 19.5 Å². The number of rotatable bonds is 4. The largest absolute Gasteiger partial charge is 0.480 e. The SMILES string of the molecule is C[C@@H](O)[C@H](NC(=O)c1ccc2c(c1)CC(=O)N2)C(=O)O. The molecule has 7 nitrogen and oxygen atoms in total. The lowest BCUT2D eigenvalue weighted by atomic mass is 10.1. The van der Waals surface area contributed by atoms with E-state index in [0.29, 0.717) is 11.3 Å². The number of carbonyl (C=O) groups is 3. The molecular weight excluding hydrogens is 264 g/mol. The second-order valence-corrected chi connectivity index (χ2v) is 4.63.